The number of aromatic amines is 1. The van der Waals surface area contributed by atoms with E-state index in [-0.39, 0.29) is 11.5 Å². The molecule has 0 amide bonds. The average Bonchev–Trinajstić information content (AvgIpc) is 2.39. The van der Waals surface area contributed by atoms with Crippen molar-refractivity contribution in [2.75, 3.05) is 6.26 Å². The second-order valence-corrected chi connectivity index (χ2v) is 4.48. The van der Waals surface area contributed by atoms with Gasteiger partial charge in [-0.05, 0) is 17.9 Å². The molecule has 0 aliphatic rings. The molecule has 2 aromatic heterocycles. The van der Waals surface area contributed by atoms with E-state index in [1.165, 1.54) is 11.8 Å². The topological polar surface area (TPSA) is 58.6 Å². The van der Waals surface area contributed by atoms with Crippen molar-refractivity contribution in [1.82, 2.24) is 15.0 Å². The molecule has 1 atom stereocenters. The summed E-state index contributed by atoms with van der Waals surface area (Å²) < 4.78 is 0. The van der Waals surface area contributed by atoms with Crippen LogP contribution in [0.15, 0.2) is 40.7 Å². The second-order valence-electron chi connectivity index (χ2n) is 3.68. The summed E-state index contributed by atoms with van der Waals surface area (Å²) in [6.45, 7) is 1.97. The SMILES string of the molecule is CSc1ncc(C(C)c2cccnc2)c(=O)[nH]1. The Hall–Kier alpha value is -1.62. The monoisotopic (exact) mass is 247 g/mol. The van der Waals surface area contributed by atoms with Crippen LogP contribution in [0.3, 0.4) is 0 Å². The van der Waals surface area contributed by atoms with Crippen LogP contribution in [0.5, 0.6) is 0 Å². The third-order valence-corrected chi connectivity index (χ3v) is 3.24. The maximum absolute atomic E-state index is 11.9. The quantitative estimate of drug-likeness (QED) is 0.666. The van der Waals surface area contributed by atoms with E-state index < -0.39 is 0 Å². The fourth-order valence-electron chi connectivity index (χ4n) is 1.61. The molecule has 0 fully saturated rings. The number of pyridine rings is 1. The van der Waals surface area contributed by atoms with Crippen LogP contribution in [0.1, 0.15) is 24.0 Å². The van der Waals surface area contributed by atoms with Crippen LogP contribution >= 0.6 is 11.8 Å². The molecule has 1 unspecified atom stereocenters. The van der Waals surface area contributed by atoms with Crippen LogP contribution in [-0.2, 0) is 0 Å². The normalized spacial score (nSPS) is 12.4. The second kappa shape index (κ2) is 5.14. The summed E-state index contributed by atoms with van der Waals surface area (Å²) in [5.74, 6) is -0.00384. The number of H-pyrrole nitrogens is 1. The molecule has 5 heteroatoms. The third-order valence-electron chi connectivity index (χ3n) is 2.65. The highest BCUT2D eigenvalue weighted by Crippen LogP contribution is 2.20. The summed E-state index contributed by atoms with van der Waals surface area (Å²) in [6, 6.07) is 3.82. The first-order chi connectivity index (χ1) is 8.22. The van der Waals surface area contributed by atoms with Crippen LogP contribution < -0.4 is 5.56 Å². The fraction of sp³-hybridized carbons (Fsp3) is 0.250. The van der Waals surface area contributed by atoms with E-state index in [0.29, 0.717) is 10.7 Å². The number of hydrogen-bond donors (Lipinski definition) is 1. The lowest BCUT2D eigenvalue weighted by molar-refractivity contribution is 0.828. The Kier molecular flexibility index (Phi) is 3.58. The highest BCUT2D eigenvalue weighted by atomic mass is 32.2. The number of nitrogens with one attached hydrogen (secondary N) is 1. The van der Waals surface area contributed by atoms with Gasteiger partial charge in [0.05, 0.1) is 0 Å². The van der Waals surface area contributed by atoms with Gasteiger partial charge in [-0.2, -0.15) is 0 Å². The van der Waals surface area contributed by atoms with Crippen molar-refractivity contribution in [2.24, 2.45) is 0 Å². The molecule has 0 saturated carbocycles. The molecule has 88 valence electrons. The van der Waals surface area contributed by atoms with E-state index in [1.807, 2.05) is 25.3 Å². The van der Waals surface area contributed by atoms with Gasteiger partial charge in [0, 0.05) is 30.1 Å². The zero-order valence-corrected chi connectivity index (χ0v) is 10.5. The number of rotatable bonds is 3. The molecule has 17 heavy (non-hydrogen) atoms. The molecule has 2 aromatic rings. The van der Waals surface area contributed by atoms with Crippen molar-refractivity contribution >= 4 is 11.8 Å². The van der Waals surface area contributed by atoms with Gasteiger partial charge < -0.3 is 4.98 Å². The molecule has 2 heterocycles. The summed E-state index contributed by atoms with van der Waals surface area (Å²) in [5.41, 5.74) is 1.59. The smallest absolute Gasteiger partial charge is 0.255 e. The lowest BCUT2D eigenvalue weighted by Crippen LogP contribution is -2.17. The molecule has 2 rings (SSSR count). The molecule has 0 saturated heterocycles. The largest absolute Gasteiger partial charge is 0.301 e. The first-order valence-electron chi connectivity index (χ1n) is 5.25. The predicted molar refractivity (Wildman–Crippen MR) is 68.4 cm³/mol. The maximum atomic E-state index is 11.9. The Bertz CT molecular complexity index is 553. The van der Waals surface area contributed by atoms with Crippen LogP contribution in [0.4, 0.5) is 0 Å². The molecule has 0 radical (unpaired) electrons. The summed E-state index contributed by atoms with van der Waals surface area (Å²) >= 11 is 1.42. The van der Waals surface area contributed by atoms with E-state index in [1.54, 1.807) is 18.6 Å². The lowest BCUT2D eigenvalue weighted by Gasteiger charge is -2.10. The third kappa shape index (κ3) is 2.55. The van der Waals surface area contributed by atoms with Crippen molar-refractivity contribution in [3.8, 4) is 0 Å². The van der Waals surface area contributed by atoms with Gasteiger partial charge in [-0.15, -0.1) is 0 Å². The first-order valence-corrected chi connectivity index (χ1v) is 6.48. The van der Waals surface area contributed by atoms with E-state index in [2.05, 4.69) is 15.0 Å². The van der Waals surface area contributed by atoms with Crippen LogP contribution in [0.25, 0.3) is 0 Å². The maximum Gasteiger partial charge on any atom is 0.255 e. The van der Waals surface area contributed by atoms with Gasteiger partial charge >= 0.3 is 0 Å². The van der Waals surface area contributed by atoms with Gasteiger partial charge in [0.25, 0.3) is 5.56 Å². The molecular formula is C12H13N3OS. The van der Waals surface area contributed by atoms with Crippen molar-refractivity contribution in [3.63, 3.8) is 0 Å². The molecule has 1 N–H and O–H groups in total. The minimum atomic E-state index is -0.0827. The lowest BCUT2D eigenvalue weighted by atomic mass is 9.97. The molecule has 0 aromatic carbocycles. The van der Waals surface area contributed by atoms with Crippen molar-refractivity contribution < 1.29 is 0 Å². The molecule has 0 aliphatic heterocycles. The van der Waals surface area contributed by atoms with E-state index in [0.717, 1.165) is 5.56 Å². The average molecular weight is 247 g/mol. The zero-order chi connectivity index (χ0) is 12.3. The summed E-state index contributed by atoms with van der Waals surface area (Å²) in [5, 5.41) is 0.636. The summed E-state index contributed by atoms with van der Waals surface area (Å²) in [7, 11) is 0. The van der Waals surface area contributed by atoms with Gasteiger partial charge in [0.15, 0.2) is 5.16 Å². The fourth-order valence-corrected chi connectivity index (χ4v) is 1.97. The number of aromatic nitrogens is 3. The van der Waals surface area contributed by atoms with E-state index in [9.17, 15) is 4.79 Å². The Balaban J connectivity index is 2.38. The van der Waals surface area contributed by atoms with Crippen molar-refractivity contribution in [3.05, 3.63) is 52.2 Å². The molecule has 0 bridgehead atoms. The molecular weight excluding hydrogens is 234 g/mol. The minimum Gasteiger partial charge on any atom is -0.301 e. The highest BCUT2D eigenvalue weighted by molar-refractivity contribution is 7.98. The Morgan fingerprint density at radius 1 is 1.41 bits per heavy atom. The predicted octanol–water partition coefficient (Wildman–Crippen LogP) is 2.04. The summed E-state index contributed by atoms with van der Waals surface area (Å²) in [4.78, 5) is 22.9. The van der Waals surface area contributed by atoms with Gasteiger partial charge in [-0.25, -0.2) is 4.98 Å². The van der Waals surface area contributed by atoms with Crippen molar-refractivity contribution in [1.29, 1.82) is 0 Å². The number of nitrogens with zero attached hydrogens (tertiary/aromatic N) is 2. The first kappa shape index (κ1) is 11.9. The van der Waals surface area contributed by atoms with Gasteiger partial charge in [-0.3, -0.25) is 9.78 Å². The minimum absolute atomic E-state index is 0.00384. The van der Waals surface area contributed by atoms with E-state index in [4.69, 9.17) is 0 Å². The Morgan fingerprint density at radius 2 is 2.24 bits per heavy atom. The molecule has 0 spiro atoms. The van der Waals surface area contributed by atoms with Crippen LogP contribution in [-0.4, -0.2) is 21.2 Å². The van der Waals surface area contributed by atoms with Crippen molar-refractivity contribution in [2.45, 2.75) is 18.0 Å². The Morgan fingerprint density at radius 3 is 2.82 bits per heavy atom. The van der Waals surface area contributed by atoms with Crippen LogP contribution in [0, 0.1) is 0 Å². The van der Waals surface area contributed by atoms with Crippen LogP contribution in [0.2, 0.25) is 0 Å². The number of hydrogen-bond acceptors (Lipinski definition) is 4. The molecule has 0 aliphatic carbocycles. The van der Waals surface area contributed by atoms with Gasteiger partial charge in [0.2, 0.25) is 0 Å². The van der Waals surface area contributed by atoms with E-state index >= 15 is 0 Å². The Labute approximate surface area is 104 Å². The standard InChI is InChI=1S/C12H13N3OS/c1-8(9-4-3-5-13-6-9)10-7-14-12(17-2)15-11(10)16/h3-8H,1-2H3,(H,14,15,16). The highest BCUT2D eigenvalue weighted by Gasteiger charge is 2.13. The molecule has 4 nitrogen and oxygen atoms in total. The van der Waals surface area contributed by atoms with Gasteiger partial charge in [-0.1, -0.05) is 24.8 Å². The zero-order valence-electron chi connectivity index (χ0n) is 9.68. The summed E-state index contributed by atoms with van der Waals surface area (Å²) in [6.07, 6.45) is 7.01. The van der Waals surface area contributed by atoms with Gasteiger partial charge in [0.1, 0.15) is 0 Å². The number of thioether (sulfide) groups is 1.